The van der Waals surface area contributed by atoms with Crippen LogP contribution in [0.15, 0.2) is 207 Å². The summed E-state index contributed by atoms with van der Waals surface area (Å²) in [5.41, 5.74) is 12.1. The molecule has 1 heteroatoms. The Morgan fingerprint density at radius 3 is 2.28 bits per heavy atom. The Hall–Kier alpha value is -6.18. The number of allylic oxidation sites excluding steroid dienone is 17. The van der Waals surface area contributed by atoms with Gasteiger partial charge in [0.15, 0.2) is 0 Å². The van der Waals surface area contributed by atoms with Gasteiger partial charge in [0, 0.05) is 17.6 Å². The standard InChI is InChI=1S/C49H41N/c1-2-17-38(44-28-27-39-18-14-15-23-43(39)36-44)24-16-35-50(46-25-12-7-13-26-46)47-32-29-40(30-33-47)45-31-34-48(41-19-8-3-4-9-20-41)49(37-45)42-21-10-5-6-11-22-42/h2-3,5-21,23-37H,4,22H2,1H3/b17-2-,35-16+,38-24+. The smallest absolute Gasteiger partial charge is 0.0455 e. The normalized spacial score (nSPS) is 14.6. The number of fused-ring (bicyclic) bond motifs is 1. The number of hydrogen-bond donors (Lipinski definition) is 0. The molecule has 0 saturated heterocycles. The molecule has 0 heterocycles. The summed E-state index contributed by atoms with van der Waals surface area (Å²) in [6.45, 7) is 2.07. The summed E-state index contributed by atoms with van der Waals surface area (Å²) >= 11 is 0. The molecule has 0 radical (unpaired) electrons. The fourth-order valence-electron chi connectivity index (χ4n) is 6.53. The first-order valence-corrected chi connectivity index (χ1v) is 17.4. The van der Waals surface area contributed by atoms with Gasteiger partial charge in [-0.05, 0) is 118 Å². The second-order valence-corrected chi connectivity index (χ2v) is 12.4. The maximum Gasteiger partial charge on any atom is 0.0455 e. The molecule has 0 amide bonds. The summed E-state index contributed by atoms with van der Waals surface area (Å²) in [4.78, 5) is 2.25. The third-order valence-corrected chi connectivity index (χ3v) is 9.10. The van der Waals surface area contributed by atoms with Gasteiger partial charge in [-0.2, -0.15) is 0 Å². The molecule has 242 valence electrons. The van der Waals surface area contributed by atoms with E-state index in [1.165, 1.54) is 49.7 Å². The monoisotopic (exact) mass is 643 g/mol. The van der Waals surface area contributed by atoms with Gasteiger partial charge in [-0.1, -0.05) is 158 Å². The quantitative estimate of drug-likeness (QED) is 0.144. The van der Waals surface area contributed by atoms with Gasteiger partial charge in [-0.25, -0.2) is 0 Å². The number of rotatable bonds is 9. The van der Waals surface area contributed by atoms with Crippen molar-refractivity contribution < 1.29 is 0 Å². The summed E-state index contributed by atoms with van der Waals surface area (Å²) < 4.78 is 0. The molecule has 5 aromatic carbocycles. The second kappa shape index (κ2) is 15.8. The van der Waals surface area contributed by atoms with Crippen molar-refractivity contribution in [2.24, 2.45) is 0 Å². The van der Waals surface area contributed by atoms with Crippen LogP contribution in [-0.2, 0) is 0 Å². The average Bonchev–Trinajstić information content (AvgIpc) is 3.63. The van der Waals surface area contributed by atoms with Crippen molar-refractivity contribution in [3.63, 3.8) is 0 Å². The van der Waals surface area contributed by atoms with E-state index in [-0.39, 0.29) is 0 Å². The molecule has 0 saturated carbocycles. The van der Waals surface area contributed by atoms with E-state index < -0.39 is 0 Å². The van der Waals surface area contributed by atoms with E-state index in [1.807, 2.05) is 0 Å². The van der Waals surface area contributed by atoms with E-state index in [1.54, 1.807) is 0 Å². The maximum absolute atomic E-state index is 2.36. The molecule has 0 unspecified atom stereocenters. The van der Waals surface area contributed by atoms with Crippen LogP contribution in [0, 0.1) is 0 Å². The molecule has 0 atom stereocenters. The molecule has 2 aliphatic carbocycles. The van der Waals surface area contributed by atoms with Crippen LogP contribution in [0.5, 0.6) is 0 Å². The number of para-hydroxylation sites is 1. The summed E-state index contributed by atoms with van der Waals surface area (Å²) in [6.07, 6.45) is 34.6. The zero-order valence-electron chi connectivity index (χ0n) is 28.5. The predicted molar refractivity (Wildman–Crippen MR) is 218 cm³/mol. The minimum absolute atomic E-state index is 0.901. The zero-order chi connectivity index (χ0) is 34.0. The largest absolute Gasteiger partial charge is 0.317 e. The minimum Gasteiger partial charge on any atom is -0.317 e. The molecule has 0 spiro atoms. The molecular weight excluding hydrogens is 603 g/mol. The van der Waals surface area contributed by atoms with Crippen molar-refractivity contribution in [2.45, 2.75) is 19.8 Å². The van der Waals surface area contributed by atoms with Crippen molar-refractivity contribution in [1.29, 1.82) is 0 Å². The van der Waals surface area contributed by atoms with Crippen molar-refractivity contribution in [3.8, 4) is 11.1 Å². The van der Waals surface area contributed by atoms with Gasteiger partial charge in [-0.3, -0.25) is 0 Å². The van der Waals surface area contributed by atoms with Crippen LogP contribution in [0.3, 0.4) is 0 Å². The summed E-state index contributed by atoms with van der Waals surface area (Å²) in [5.74, 6) is 0. The van der Waals surface area contributed by atoms with Crippen molar-refractivity contribution in [1.82, 2.24) is 0 Å². The van der Waals surface area contributed by atoms with E-state index in [2.05, 4.69) is 218 Å². The van der Waals surface area contributed by atoms with Crippen LogP contribution < -0.4 is 4.90 Å². The number of benzene rings is 5. The lowest BCUT2D eigenvalue weighted by Crippen LogP contribution is -2.08. The summed E-state index contributed by atoms with van der Waals surface area (Å²) in [7, 11) is 0. The summed E-state index contributed by atoms with van der Waals surface area (Å²) in [5, 5.41) is 2.49. The second-order valence-electron chi connectivity index (χ2n) is 12.4. The van der Waals surface area contributed by atoms with Gasteiger partial charge in [0.1, 0.15) is 0 Å². The highest BCUT2D eigenvalue weighted by atomic mass is 15.1. The zero-order valence-corrected chi connectivity index (χ0v) is 28.5. The van der Waals surface area contributed by atoms with Crippen LogP contribution in [0.1, 0.15) is 36.5 Å². The Morgan fingerprint density at radius 1 is 0.620 bits per heavy atom. The van der Waals surface area contributed by atoms with Gasteiger partial charge < -0.3 is 4.90 Å². The summed E-state index contributed by atoms with van der Waals surface area (Å²) in [6, 6.07) is 41.5. The lowest BCUT2D eigenvalue weighted by Gasteiger charge is -2.21. The Balaban J connectivity index is 1.22. The first-order valence-electron chi connectivity index (χ1n) is 17.4. The fourth-order valence-corrected chi connectivity index (χ4v) is 6.53. The minimum atomic E-state index is 0.901. The molecular formula is C49H41N. The van der Waals surface area contributed by atoms with Crippen LogP contribution in [0.2, 0.25) is 0 Å². The fraction of sp³-hybridized carbons (Fsp3) is 0.0612. The number of nitrogens with zero attached hydrogens (tertiary/aromatic N) is 1. The molecule has 0 N–H and O–H groups in total. The average molecular weight is 644 g/mol. The van der Waals surface area contributed by atoms with E-state index in [0.29, 0.717) is 0 Å². The van der Waals surface area contributed by atoms with Gasteiger partial charge in [0.25, 0.3) is 0 Å². The topological polar surface area (TPSA) is 3.24 Å². The van der Waals surface area contributed by atoms with E-state index in [0.717, 1.165) is 29.8 Å². The first-order chi connectivity index (χ1) is 24.8. The number of anilines is 2. The lowest BCUT2D eigenvalue weighted by atomic mass is 9.89. The molecule has 5 aromatic rings. The highest BCUT2D eigenvalue weighted by molar-refractivity contribution is 5.89. The Morgan fingerprint density at radius 2 is 1.42 bits per heavy atom. The van der Waals surface area contributed by atoms with E-state index >= 15 is 0 Å². The molecule has 50 heavy (non-hydrogen) atoms. The van der Waals surface area contributed by atoms with Crippen LogP contribution in [0.4, 0.5) is 11.4 Å². The first kappa shape index (κ1) is 32.4. The Labute approximate surface area is 296 Å². The highest BCUT2D eigenvalue weighted by Gasteiger charge is 2.13. The molecule has 0 bridgehead atoms. The number of hydrogen-bond acceptors (Lipinski definition) is 1. The molecule has 0 aromatic heterocycles. The van der Waals surface area contributed by atoms with Gasteiger partial charge in [-0.15, -0.1) is 0 Å². The SMILES string of the molecule is C\C=C/C(=C\C=C\N(c1ccccc1)c1ccc(-c2ccc(C3=CC=CCC=C3)c(C3=CC=CC=CC3)c2)cc1)c1ccc2ccccc2c1. The van der Waals surface area contributed by atoms with E-state index in [9.17, 15) is 0 Å². The third kappa shape index (κ3) is 7.59. The predicted octanol–water partition coefficient (Wildman–Crippen LogP) is 13.6. The molecule has 1 nitrogen and oxygen atoms in total. The van der Waals surface area contributed by atoms with Gasteiger partial charge in [0.05, 0.1) is 0 Å². The molecule has 7 rings (SSSR count). The maximum atomic E-state index is 2.36. The Bertz CT molecular complexity index is 2250. The van der Waals surface area contributed by atoms with Crippen molar-refractivity contribution in [2.75, 3.05) is 4.90 Å². The van der Waals surface area contributed by atoms with Crippen LogP contribution in [-0.4, -0.2) is 0 Å². The van der Waals surface area contributed by atoms with Gasteiger partial charge in [0.2, 0.25) is 0 Å². The Kier molecular flexibility index (Phi) is 10.2. The van der Waals surface area contributed by atoms with Crippen LogP contribution >= 0.6 is 0 Å². The lowest BCUT2D eigenvalue weighted by molar-refractivity contribution is 1.28. The highest BCUT2D eigenvalue weighted by Crippen LogP contribution is 2.35. The third-order valence-electron chi connectivity index (χ3n) is 9.10. The van der Waals surface area contributed by atoms with E-state index in [4.69, 9.17) is 0 Å². The molecule has 0 aliphatic heterocycles. The van der Waals surface area contributed by atoms with Crippen LogP contribution in [0.25, 0.3) is 38.6 Å². The van der Waals surface area contributed by atoms with Crippen molar-refractivity contribution >= 4 is 38.9 Å². The molecule has 0 fully saturated rings. The van der Waals surface area contributed by atoms with Gasteiger partial charge >= 0.3 is 0 Å². The van der Waals surface area contributed by atoms with Crippen molar-refractivity contribution in [3.05, 3.63) is 223 Å². The molecule has 2 aliphatic rings.